The minimum Gasteiger partial charge on any atom is -0.497 e. The fourth-order valence-corrected chi connectivity index (χ4v) is 3.66. The Bertz CT molecular complexity index is 876. The summed E-state index contributed by atoms with van der Waals surface area (Å²) < 4.78 is 5.32. The van der Waals surface area contributed by atoms with E-state index in [1.165, 1.54) is 16.7 Å². The molecule has 3 rings (SSSR count). The summed E-state index contributed by atoms with van der Waals surface area (Å²) in [6.07, 6.45) is 0. The molecule has 0 aromatic heterocycles. The van der Waals surface area contributed by atoms with Crippen molar-refractivity contribution < 1.29 is 4.74 Å². The van der Waals surface area contributed by atoms with Gasteiger partial charge >= 0.3 is 0 Å². The van der Waals surface area contributed by atoms with Crippen molar-refractivity contribution in [2.24, 2.45) is 0 Å². The van der Waals surface area contributed by atoms with E-state index in [1.54, 1.807) is 7.11 Å². The summed E-state index contributed by atoms with van der Waals surface area (Å²) in [5.74, 6) is 0.835. The lowest BCUT2D eigenvalue weighted by Crippen LogP contribution is -1.90. The molecule has 0 bridgehead atoms. The van der Waals surface area contributed by atoms with Crippen LogP contribution in [-0.4, -0.2) is 7.11 Å². The van der Waals surface area contributed by atoms with Crippen LogP contribution in [0.3, 0.4) is 0 Å². The molecule has 0 fully saturated rings. The van der Waals surface area contributed by atoms with Crippen LogP contribution in [0, 0.1) is 34.6 Å². The molecule has 23 heavy (non-hydrogen) atoms. The van der Waals surface area contributed by atoms with Crippen LogP contribution in [0.5, 0.6) is 5.75 Å². The summed E-state index contributed by atoms with van der Waals surface area (Å²) in [6.45, 7) is 10.3. The molecule has 0 saturated heterocycles. The average molecular weight is 306 g/mol. The lowest BCUT2D eigenvalue weighted by molar-refractivity contribution is 0.414. The number of aryl methyl sites for hydroxylation is 5. The Morgan fingerprint density at radius 2 is 1.04 bits per heavy atom. The van der Waals surface area contributed by atoms with E-state index in [4.69, 9.17) is 4.74 Å². The van der Waals surface area contributed by atoms with Crippen molar-refractivity contribution in [2.75, 3.05) is 7.11 Å². The largest absolute Gasteiger partial charge is 0.497 e. The van der Waals surface area contributed by atoms with E-state index < -0.39 is 0 Å². The van der Waals surface area contributed by atoms with E-state index >= 15 is 0 Å². The van der Waals surface area contributed by atoms with Gasteiger partial charge in [0.25, 0.3) is 0 Å². The zero-order valence-corrected chi connectivity index (χ0v) is 14.6. The van der Waals surface area contributed by atoms with Crippen molar-refractivity contribution in [3.63, 3.8) is 0 Å². The second kappa shape index (κ2) is 5.38. The molecule has 0 N–H and O–H groups in total. The van der Waals surface area contributed by atoms with Gasteiger partial charge in [-0.2, -0.15) is 0 Å². The van der Waals surface area contributed by atoms with Crippen LogP contribution in [0.25, 0.3) is 22.3 Å². The molecule has 0 saturated carbocycles. The van der Waals surface area contributed by atoms with Crippen molar-refractivity contribution in [3.8, 4) is 28.0 Å². The smallest absolute Gasteiger partial charge is 0.195 e. The molecule has 0 heterocycles. The zero-order chi connectivity index (χ0) is 16.9. The van der Waals surface area contributed by atoms with Crippen molar-refractivity contribution in [1.82, 2.24) is 0 Å². The van der Waals surface area contributed by atoms with E-state index in [0.29, 0.717) is 0 Å². The third kappa shape index (κ3) is 2.48. The number of rotatable bonds is 3. The summed E-state index contributed by atoms with van der Waals surface area (Å²) in [6, 6.07) is 8.28. The molecule has 0 aliphatic rings. The molecule has 0 spiro atoms. The molecule has 0 aliphatic carbocycles. The summed E-state index contributed by atoms with van der Waals surface area (Å²) in [5, 5.41) is 0. The van der Waals surface area contributed by atoms with Crippen LogP contribution in [0.4, 0.5) is 0 Å². The number of benzene rings is 2. The summed E-state index contributed by atoms with van der Waals surface area (Å²) in [5.41, 5.74) is 9.84. The lowest BCUT2D eigenvalue weighted by Gasteiger charge is -2.10. The minimum atomic E-state index is 0.177. The Labute approximate surface area is 137 Å². The maximum atomic E-state index is 12.6. The lowest BCUT2D eigenvalue weighted by atomic mass is 9.95. The standard InChI is InChI=1S/C21H22O2/c1-11-7-12(2)17(13(3)8-11)19-20(21(19)22)18-14(4)9-16(23-6)10-15(18)5/h7-10H,1-6H3. The highest BCUT2D eigenvalue weighted by Gasteiger charge is 2.29. The van der Waals surface area contributed by atoms with Crippen molar-refractivity contribution >= 4 is 0 Å². The van der Waals surface area contributed by atoms with E-state index in [1.807, 2.05) is 26.0 Å². The first-order valence-electron chi connectivity index (χ1n) is 7.88. The molecule has 0 atom stereocenters. The number of hydrogen-bond donors (Lipinski definition) is 0. The molecule has 3 aromatic rings. The molecule has 2 nitrogen and oxygen atoms in total. The van der Waals surface area contributed by atoms with Gasteiger partial charge in [0.2, 0.25) is 0 Å². The number of ether oxygens (including phenoxy) is 1. The van der Waals surface area contributed by atoms with Gasteiger partial charge in [-0.15, -0.1) is 0 Å². The van der Waals surface area contributed by atoms with Crippen LogP contribution in [0.15, 0.2) is 29.1 Å². The van der Waals surface area contributed by atoms with Gasteiger partial charge in [0.05, 0.1) is 7.11 Å². The predicted octanol–water partition coefficient (Wildman–Crippen LogP) is 4.81. The van der Waals surface area contributed by atoms with E-state index in [0.717, 1.165) is 39.1 Å². The third-order valence-electron chi connectivity index (χ3n) is 4.56. The Morgan fingerprint density at radius 3 is 1.43 bits per heavy atom. The van der Waals surface area contributed by atoms with Gasteiger partial charge in [0.1, 0.15) is 5.75 Å². The molecule has 2 heteroatoms. The maximum Gasteiger partial charge on any atom is 0.195 e. The first-order valence-corrected chi connectivity index (χ1v) is 7.88. The molecular weight excluding hydrogens is 284 g/mol. The van der Waals surface area contributed by atoms with Crippen LogP contribution in [-0.2, 0) is 0 Å². The minimum absolute atomic E-state index is 0.177. The summed E-state index contributed by atoms with van der Waals surface area (Å²) in [4.78, 5) is 12.6. The van der Waals surface area contributed by atoms with Gasteiger partial charge in [-0.1, -0.05) is 17.7 Å². The summed E-state index contributed by atoms with van der Waals surface area (Å²) >= 11 is 0. The topological polar surface area (TPSA) is 26.3 Å². The normalized spacial score (nSPS) is 11.2. The van der Waals surface area contributed by atoms with Crippen LogP contribution in [0.2, 0.25) is 0 Å². The van der Waals surface area contributed by atoms with Gasteiger partial charge < -0.3 is 4.74 Å². The van der Waals surface area contributed by atoms with Crippen molar-refractivity contribution in [1.29, 1.82) is 0 Å². The molecule has 3 aromatic carbocycles. The van der Waals surface area contributed by atoms with Crippen molar-refractivity contribution in [2.45, 2.75) is 34.6 Å². The van der Waals surface area contributed by atoms with Crippen LogP contribution >= 0.6 is 0 Å². The highest BCUT2D eigenvalue weighted by atomic mass is 16.5. The van der Waals surface area contributed by atoms with E-state index in [-0.39, 0.29) is 5.43 Å². The van der Waals surface area contributed by atoms with Gasteiger partial charge in [-0.3, -0.25) is 4.79 Å². The molecule has 0 radical (unpaired) electrons. The monoisotopic (exact) mass is 306 g/mol. The second-order valence-corrected chi connectivity index (χ2v) is 6.49. The van der Waals surface area contributed by atoms with Gasteiger partial charge in [0, 0.05) is 11.1 Å². The fraction of sp³-hybridized carbons (Fsp3) is 0.286. The van der Waals surface area contributed by atoms with Crippen LogP contribution in [0.1, 0.15) is 27.8 Å². The Hall–Kier alpha value is -2.35. The summed E-state index contributed by atoms with van der Waals surface area (Å²) in [7, 11) is 1.67. The van der Waals surface area contributed by atoms with Crippen LogP contribution < -0.4 is 10.2 Å². The van der Waals surface area contributed by atoms with E-state index in [2.05, 4.69) is 32.9 Å². The van der Waals surface area contributed by atoms with Gasteiger partial charge in [-0.25, -0.2) is 0 Å². The third-order valence-corrected chi connectivity index (χ3v) is 4.56. The molecule has 0 aliphatic heterocycles. The zero-order valence-electron chi connectivity index (χ0n) is 14.6. The fourth-order valence-electron chi connectivity index (χ4n) is 3.66. The highest BCUT2D eigenvalue weighted by Crippen LogP contribution is 2.41. The number of methoxy groups -OCH3 is 1. The number of hydrogen-bond acceptors (Lipinski definition) is 2. The molecule has 118 valence electrons. The van der Waals surface area contributed by atoms with Gasteiger partial charge in [0.15, 0.2) is 5.43 Å². The molecule has 0 amide bonds. The predicted molar refractivity (Wildman–Crippen MR) is 96.2 cm³/mol. The van der Waals surface area contributed by atoms with Gasteiger partial charge in [-0.05, 0) is 80.1 Å². The quantitative estimate of drug-likeness (QED) is 0.694. The Balaban J connectivity index is 2.17. The Morgan fingerprint density at radius 1 is 0.652 bits per heavy atom. The van der Waals surface area contributed by atoms with E-state index in [9.17, 15) is 4.79 Å². The highest BCUT2D eigenvalue weighted by molar-refractivity contribution is 5.98. The first-order chi connectivity index (χ1) is 10.8. The Kier molecular flexibility index (Phi) is 3.63. The molecule has 0 unspecified atom stereocenters. The molecular formula is C21H22O2. The second-order valence-electron chi connectivity index (χ2n) is 6.49. The average Bonchev–Trinajstić information content (AvgIpc) is 3.07. The maximum absolute atomic E-state index is 12.6. The first kappa shape index (κ1) is 15.5. The SMILES string of the molecule is COc1cc(C)c(-c2c(-c3c(C)cc(C)cc3C)c2=O)c(C)c1. The van der Waals surface area contributed by atoms with Crippen molar-refractivity contribution in [3.05, 3.63) is 62.3 Å².